The van der Waals surface area contributed by atoms with Crippen LogP contribution in [0.3, 0.4) is 0 Å². The van der Waals surface area contributed by atoms with Gasteiger partial charge in [0.1, 0.15) is 5.82 Å². The average Bonchev–Trinajstić information content (AvgIpc) is 2.74. The maximum absolute atomic E-state index is 12.4. The van der Waals surface area contributed by atoms with Crippen LogP contribution in [0.1, 0.15) is 12.5 Å². The fraction of sp³-hybridized carbons (Fsp3) is 0.381. The Labute approximate surface area is 170 Å². The Kier molecular flexibility index (Phi) is 6.54. The maximum atomic E-state index is 12.4. The van der Waals surface area contributed by atoms with Crippen molar-refractivity contribution in [2.45, 2.75) is 13.3 Å². The summed E-state index contributed by atoms with van der Waals surface area (Å²) in [4.78, 5) is 32.2. The lowest BCUT2D eigenvalue weighted by Crippen LogP contribution is -2.48. The van der Waals surface area contributed by atoms with Crippen LogP contribution in [0.15, 0.2) is 36.5 Å². The summed E-state index contributed by atoms with van der Waals surface area (Å²) < 4.78 is 10.5. The van der Waals surface area contributed by atoms with Crippen molar-refractivity contribution < 1.29 is 19.1 Å². The van der Waals surface area contributed by atoms with Crippen LogP contribution < -0.4 is 19.7 Å². The summed E-state index contributed by atoms with van der Waals surface area (Å²) in [6.45, 7) is 4.55. The van der Waals surface area contributed by atoms with E-state index >= 15 is 0 Å². The van der Waals surface area contributed by atoms with Gasteiger partial charge in [0.05, 0.1) is 32.5 Å². The van der Waals surface area contributed by atoms with Gasteiger partial charge < -0.3 is 24.6 Å². The largest absolute Gasteiger partial charge is 0.493 e. The molecule has 1 aromatic heterocycles. The molecule has 1 saturated heterocycles. The molecule has 0 unspecified atom stereocenters. The lowest BCUT2D eigenvalue weighted by atomic mass is 10.1. The molecule has 8 nitrogen and oxygen atoms in total. The van der Waals surface area contributed by atoms with E-state index in [1.165, 1.54) is 0 Å². The molecular weight excluding hydrogens is 372 g/mol. The number of nitrogens with one attached hydrogen (secondary N) is 1. The number of rotatable bonds is 6. The highest BCUT2D eigenvalue weighted by Gasteiger charge is 2.19. The Morgan fingerprint density at radius 3 is 2.34 bits per heavy atom. The molecule has 2 heterocycles. The quantitative estimate of drug-likeness (QED) is 0.801. The number of ether oxygens (including phenoxy) is 2. The van der Waals surface area contributed by atoms with Gasteiger partial charge in [-0.05, 0) is 29.8 Å². The van der Waals surface area contributed by atoms with E-state index in [4.69, 9.17) is 9.47 Å². The molecule has 1 aromatic carbocycles. The molecular formula is C21H26N4O4. The Hall–Kier alpha value is -3.29. The van der Waals surface area contributed by atoms with Crippen molar-refractivity contribution in [3.05, 3.63) is 42.1 Å². The van der Waals surface area contributed by atoms with E-state index < -0.39 is 0 Å². The topological polar surface area (TPSA) is 84.0 Å². The second-order valence-electron chi connectivity index (χ2n) is 6.81. The first-order chi connectivity index (χ1) is 14.0. The van der Waals surface area contributed by atoms with Crippen molar-refractivity contribution in [1.29, 1.82) is 0 Å². The minimum atomic E-state index is -0.160. The highest BCUT2D eigenvalue weighted by molar-refractivity contribution is 5.91. The second kappa shape index (κ2) is 9.27. The Morgan fingerprint density at radius 1 is 1.03 bits per heavy atom. The minimum absolute atomic E-state index is 0.107. The zero-order valence-electron chi connectivity index (χ0n) is 17.0. The number of hydrogen-bond acceptors (Lipinski definition) is 6. The van der Waals surface area contributed by atoms with Gasteiger partial charge >= 0.3 is 0 Å². The molecule has 0 bridgehead atoms. The summed E-state index contributed by atoms with van der Waals surface area (Å²) in [5.74, 6) is 1.66. The van der Waals surface area contributed by atoms with E-state index in [0.29, 0.717) is 30.4 Å². The number of hydrogen-bond donors (Lipinski definition) is 1. The third kappa shape index (κ3) is 5.16. The van der Waals surface area contributed by atoms with Gasteiger partial charge in [-0.25, -0.2) is 4.98 Å². The van der Waals surface area contributed by atoms with Gasteiger partial charge in [0.15, 0.2) is 11.5 Å². The monoisotopic (exact) mass is 398 g/mol. The Bertz CT molecular complexity index is 861. The molecule has 1 N–H and O–H groups in total. The molecule has 1 aliphatic rings. The first kappa shape index (κ1) is 20.4. The number of carbonyl (C=O) groups is 2. The molecule has 0 atom stereocenters. The number of anilines is 2. The van der Waals surface area contributed by atoms with Crippen molar-refractivity contribution in [3.63, 3.8) is 0 Å². The standard InChI is InChI=1S/C21H26N4O4/c1-15(26)24-8-10-25(11-9-24)17-5-7-20(22-14-17)23-21(27)13-16-4-6-18(28-2)19(12-16)29-3/h4-7,12,14H,8-11,13H2,1-3H3,(H,22,23,27). The van der Waals surface area contributed by atoms with Crippen molar-refractivity contribution in [2.24, 2.45) is 0 Å². The predicted octanol–water partition coefficient (Wildman–Crippen LogP) is 1.95. The molecule has 0 radical (unpaired) electrons. The van der Waals surface area contributed by atoms with Gasteiger partial charge in [-0.1, -0.05) is 6.07 Å². The summed E-state index contributed by atoms with van der Waals surface area (Å²) in [5.41, 5.74) is 1.80. The van der Waals surface area contributed by atoms with Gasteiger partial charge in [-0.3, -0.25) is 9.59 Å². The first-order valence-corrected chi connectivity index (χ1v) is 9.47. The Balaban J connectivity index is 1.56. The summed E-state index contributed by atoms with van der Waals surface area (Å²) in [5, 5.41) is 2.82. The maximum Gasteiger partial charge on any atom is 0.229 e. The number of amides is 2. The lowest BCUT2D eigenvalue weighted by Gasteiger charge is -2.35. The normalized spacial score (nSPS) is 13.8. The third-order valence-electron chi connectivity index (χ3n) is 4.92. The molecule has 1 fully saturated rings. The molecule has 8 heteroatoms. The van der Waals surface area contributed by atoms with Crippen molar-refractivity contribution in [1.82, 2.24) is 9.88 Å². The summed E-state index contributed by atoms with van der Waals surface area (Å²) in [7, 11) is 3.13. The molecule has 1 aliphatic heterocycles. The number of methoxy groups -OCH3 is 2. The predicted molar refractivity (Wildman–Crippen MR) is 111 cm³/mol. The minimum Gasteiger partial charge on any atom is -0.493 e. The highest BCUT2D eigenvalue weighted by Crippen LogP contribution is 2.27. The van der Waals surface area contributed by atoms with Gasteiger partial charge in [0.2, 0.25) is 11.8 Å². The Morgan fingerprint density at radius 2 is 1.76 bits per heavy atom. The number of carbonyl (C=O) groups excluding carboxylic acids is 2. The van der Waals surface area contributed by atoms with E-state index in [1.54, 1.807) is 45.5 Å². The van der Waals surface area contributed by atoms with Crippen LogP contribution >= 0.6 is 0 Å². The summed E-state index contributed by atoms with van der Waals surface area (Å²) in [6, 6.07) is 9.12. The summed E-state index contributed by atoms with van der Waals surface area (Å²) >= 11 is 0. The molecule has 154 valence electrons. The van der Waals surface area contributed by atoms with Crippen molar-refractivity contribution >= 4 is 23.3 Å². The van der Waals surface area contributed by atoms with Crippen LogP contribution in [0.5, 0.6) is 11.5 Å². The molecule has 3 rings (SSSR count). The SMILES string of the molecule is COc1ccc(CC(=O)Nc2ccc(N3CCN(C(C)=O)CC3)cn2)cc1OC. The average molecular weight is 398 g/mol. The van der Waals surface area contributed by atoms with Crippen molar-refractivity contribution in [2.75, 3.05) is 50.6 Å². The fourth-order valence-electron chi connectivity index (χ4n) is 3.29. The molecule has 29 heavy (non-hydrogen) atoms. The first-order valence-electron chi connectivity index (χ1n) is 9.47. The fourth-order valence-corrected chi connectivity index (χ4v) is 3.29. The van der Waals surface area contributed by atoms with Crippen LogP contribution in [-0.2, 0) is 16.0 Å². The number of pyridine rings is 1. The molecule has 0 spiro atoms. The number of benzene rings is 1. The van der Waals surface area contributed by atoms with Crippen LogP contribution in [0.4, 0.5) is 11.5 Å². The number of piperazine rings is 1. The summed E-state index contributed by atoms with van der Waals surface area (Å²) in [6.07, 6.45) is 1.95. The molecule has 0 saturated carbocycles. The third-order valence-corrected chi connectivity index (χ3v) is 4.92. The van der Waals surface area contributed by atoms with Crippen LogP contribution in [0.25, 0.3) is 0 Å². The van der Waals surface area contributed by atoms with Crippen LogP contribution in [0.2, 0.25) is 0 Å². The van der Waals surface area contributed by atoms with Gasteiger partial charge in [0.25, 0.3) is 0 Å². The van der Waals surface area contributed by atoms with E-state index in [9.17, 15) is 9.59 Å². The van der Waals surface area contributed by atoms with E-state index in [-0.39, 0.29) is 18.2 Å². The van der Waals surface area contributed by atoms with Crippen LogP contribution in [-0.4, -0.2) is 62.1 Å². The lowest BCUT2D eigenvalue weighted by molar-refractivity contribution is -0.129. The number of aromatic nitrogens is 1. The smallest absolute Gasteiger partial charge is 0.229 e. The van der Waals surface area contributed by atoms with E-state index in [1.807, 2.05) is 17.0 Å². The van der Waals surface area contributed by atoms with Gasteiger partial charge in [0, 0.05) is 33.1 Å². The molecule has 2 amide bonds. The number of nitrogens with zero attached hydrogens (tertiary/aromatic N) is 3. The molecule has 2 aromatic rings. The van der Waals surface area contributed by atoms with Gasteiger partial charge in [-0.15, -0.1) is 0 Å². The van der Waals surface area contributed by atoms with Crippen LogP contribution in [0, 0.1) is 0 Å². The van der Waals surface area contributed by atoms with E-state index in [2.05, 4.69) is 15.2 Å². The molecule has 0 aliphatic carbocycles. The van der Waals surface area contributed by atoms with E-state index in [0.717, 1.165) is 24.3 Å². The second-order valence-corrected chi connectivity index (χ2v) is 6.81. The zero-order chi connectivity index (χ0) is 20.8. The van der Waals surface area contributed by atoms with Crippen molar-refractivity contribution in [3.8, 4) is 11.5 Å². The zero-order valence-corrected chi connectivity index (χ0v) is 17.0. The van der Waals surface area contributed by atoms with Gasteiger partial charge in [-0.2, -0.15) is 0 Å². The highest BCUT2D eigenvalue weighted by atomic mass is 16.5.